The van der Waals surface area contributed by atoms with Gasteiger partial charge in [0.1, 0.15) is 11.8 Å². The van der Waals surface area contributed by atoms with Gasteiger partial charge in [-0.15, -0.1) is 0 Å². The van der Waals surface area contributed by atoms with Crippen molar-refractivity contribution in [2.45, 2.75) is 57.4 Å². The zero-order valence-electron chi connectivity index (χ0n) is 16.4. The molecule has 156 valence electrons. The molecule has 29 heavy (non-hydrogen) atoms. The van der Waals surface area contributed by atoms with Gasteiger partial charge in [0.2, 0.25) is 11.8 Å². The van der Waals surface area contributed by atoms with E-state index in [2.05, 4.69) is 5.32 Å². The molecule has 0 aliphatic carbocycles. The van der Waals surface area contributed by atoms with Crippen LogP contribution in [0.15, 0.2) is 18.2 Å². The molecule has 1 unspecified atom stereocenters. The van der Waals surface area contributed by atoms with E-state index in [9.17, 15) is 19.2 Å². The number of nitrogens with two attached hydrogens (primary N) is 1. The predicted molar refractivity (Wildman–Crippen MR) is 105 cm³/mol. The number of rotatable bonds is 10. The van der Waals surface area contributed by atoms with Crippen molar-refractivity contribution in [2.24, 2.45) is 5.73 Å². The second-order valence-corrected chi connectivity index (χ2v) is 7.38. The molecule has 2 aliphatic rings. The van der Waals surface area contributed by atoms with Crippen LogP contribution < -0.4 is 15.8 Å². The molecule has 3 rings (SSSR count). The van der Waals surface area contributed by atoms with E-state index in [0.717, 1.165) is 50.0 Å². The number of unbranched alkanes of at least 4 members (excludes halogenated alkanes) is 5. The SMILES string of the molecule is NCCCCCCCCOc1cccc2c1C(=O)N(C1CCC(=O)NC1=O)C2=O. The summed E-state index contributed by atoms with van der Waals surface area (Å²) in [5.74, 6) is -1.72. The average molecular weight is 401 g/mol. The summed E-state index contributed by atoms with van der Waals surface area (Å²) in [5, 5.41) is 2.19. The van der Waals surface area contributed by atoms with E-state index in [1.807, 2.05) is 0 Å². The molecule has 2 heterocycles. The third-order valence-corrected chi connectivity index (χ3v) is 5.29. The van der Waals surface area contributed by atoms with Crippen molar-refractivity contribution in [1.29, 1.82) is 0 Å². The maximum absolute atomic E-state index is 12.9. The number of imide groups is 2. The molecule has 3 N–H and O–H groups in total. The Bertz CT molecular complexity index is 808. The molecular weight excluding hydrogens is 374 g/mol. The van der Waals surface area contributed by atoms with E-state index in [1.165, 1.54) is 0 Å². The van der Waals surface area contributed by atoms with Gasteiger partial charge in [0.05, 0.1) is 17.7 Å². The molecule has 1 fully saturated rings. The molecule has 2 aliphatic heterocycles. The van der Waals surface area contributed by atoms with E-state index in [-0.39, 0.29) is 24.0 Å². The second kappa shape index (κ2) is 9.65. The van der Waals surface area contributed by atoms with Crippen LogP contribution in [0, 0.1) is 0 Å². The van der Waals surface area contributed by atoms with Gasteiger partial charge in [0.25, 0.3) is 11.8 Å². The van der Waals surface area contributed by atoms with Crippen LogP contribution >= 0.6 is 0 Å². The van der Waals surface area contributed by atoms with Gasteiger partial charge in [-0.1, -0.05) is 31.7 Å². The summed E-state index contributed by atoms with van der Waals surface area (Å²) in [6.45, 7) is 1.18. The van der Waals surface area contributed by atoms with E-state index in [0.29, 0.717) is 12.4 Å². The summed E-state index contributed by atoms with van der Waals surface area (Å²) in [5.41, 5.74) is 5.91. The van der Waals surface area contributed by atoms with Crippen LogP contribution in [-0.4, -0.2) is 47.7 Å². The zero-order valence-corrected chi connectivity index (χ0v) is 16.4. The first-order valence-corrected chi connectivity index (χ1v) is 10.2. The third-order valence-electron chi connectivity index (χ3n) is 5.29. The van der Waals surface area contributed by atoms with Gasteiger partial charge in [0, 0.05) is 6.42 Å². The van der Waals surface area contributed by atoms with Crippen LogP contribution in [0.5, 0.6) is 5.75 Å². The first kappa shape index (κ1) is 21.0. The van der Waals surface area contributed by atoms with Crippen LogP contribution in [0.4, 0.5) is 0 Å². The van der Waals surface area contributed by atoms with Gasteiger partial charge in [0.15, 0.2) is 0 Å². The fourth-order valence-electron chi connectivity index (χ4n) is 3.74. The first-order valence-electron chi connectivity index (χ1n) is 10.2. The molecule has 0 aromatic heterocycles. The molecule has 1 atom stereocenters. The van der Waals surface area contributed by atoms with Crippen LogP contribution in [-0.2, 0) is 9.59 Å². The van der Waals surface area contributed by atoms with E-state index < -0.39 is 29.7 Å². The number of benzene rings is 1. The van der Waals surface area contributed by atoms with Crippen molar-refractivity contribution in [2.75, 3.05) is 13.2 Å². The number of amides is 4. The highest BCUT2D eigenvalue weighted by molar-refractivity contribution is 6.24. The van der Waals surface area contributed by atoms with Gasteiger partial charge < -0.3 is 10.5 Å². The summed E-state index contributed by atoms with van der Waals surface area (Å²) in [6, 6.07) is 3.92. The number of hydrogen-bond acceptors (Lipinski definition) is 6. The van der Waals surface area contributed by atoms with Crippen molar-refractivity contribution in [3.05, 3.63) is 29.3 Å². The van der Waals surface area contributed by atoms with Gasteiger partial charge in [-0.3, -0.25) is 29.4 Å². The summed E-state index contributed by atoms with van der Waals surface area (Å²) in [7, 11) is 0. The fraction of sp³-hybridized carbons (Fsp3) is 0.524. The number of hydrogen-bond donors (Lipinski definition) is 2. The predicted octanol–water partition coefficient (Wildman–Crippen LogP) is 1.77. The quantitative estimate of drug-likeness (QED) is 0.456. The summed E-state index contributed by atoms with van der Waals surface area (Å²) in [6.07, 6.45) is 6.54. The third kappa shape index (κ3) is 4.64. The Morgan fingerprint density at radius 1 is 1.00 bits per heavy atom. The Balaban J connectivity index is 1.61. The molecular formula is C21H27N3O5. The first-order chi connectivity index (χ1) is 14.0. The molecule has 1 aromatic carbocycles. The topological polar surface area (TPSA) is 119 Å². The molecule has 0 spiro atoms. The Hall–Kier alpha value is -2.74. The fourth-order valence-corrected chi connectivity index (χ4v) is 3.74. The number of nitrogens with one attached hydrogen (secondary N) is 1. The van der Waals surface area contributed by atoms with Crippen LogP contribution in [0.3, 0.4) is 0 Å². The highest BCUT2D eigenvalue weighted by Gasteiger charge is 2.45. The molecule has 0 bridgehead atoms. The highest BCUT2D eigenvalue weighted by atomic mass is 16.5. The minimum absolute atomic E-state index is 0.0957. The number of fused-ring (bicyclic) bond motifs is 1. The lowest BCUT2D eigenvalue weighted by atomic mass is 10.0. The maximum Gasteiger partial charge on any atom is 0.266 e. The monoisotopic (exact) mass is 401 g/mol. The summed E-state index contributed by atoms with van der Waals surface area (Å²) >= 11 is 0. The Labute approximate surface area is 169 Å². The minimum Gasteiger partial charge on any atom is -0.493 e. The standard InChI is InChI=1S/C21H27N3O5/c22-12-5-3-1-2-4-6-13-29-16-9-7-8-14-18(16)21(28)24(20(14)27)15-10-11-17(25)23-19(15)26/h7-9,15H,1-6,10-13,22H2,(H,23,25,26). The Kier molecular flexibility index (Phi) is 6.98. The van der Waals surface area contributed by atoms with Gasteiger partial charge in [-0.25, -0.2) is 0 Å². The van der Waals surface area contributed by atoms with Crippen LogP contribution in [0.1, 0.15) is 72.1 Å². The van der Waals surface area contributed by atoms with E-state index in [4.69, 9.17) is 10.5 Å². The lowest BCUT2D eigenvalue weighted by Gasteiger charge is -2.27. The summed E-state index contributed by atoms with van der Waals surface area (Å²) in [4.78, 5) is 50.2. The minimum atomic E-state index is -0.971. The van der Waals surface area contributed by atoms with Crippen molar-refractivity contribution in [3.8, 4) is 5.75 Å². The molecule has 1 aromatic rings. The Morgan fingerprint density at radius 3 is 2.45 bits per heavy atom. The van der Waals surface area contributed by atoms with Crippen LogP contribution in [0.25, 0.3) is 0 Å². The van der Waals surface area contributed by atoms with Gasteiger partial charge in [-0.2, -0.15) is 0 Å². The maximum atomic E-state index is 12.9. The van der Waals surface area contributed by atoms with Crippen molar-refractivity contribution < 1.29 is 23.9 Å². The highest BCUT2D eigenvalue weighted by Crippen LogP contribution is 2.33. The molecule has 8 heteroatoms. The number of carbonyl (C=O) groups excluding carboxylic acids is 4. The van der Waals surface area contributed by atoms with E-state index in [1.54, 1.807) is 18.2 Å². The van der Waals surface area contributed by atoms with Crippen molar-refractivity contribution >= 4 is 23.6 Å². The van der Waals surface area contributed by atoms with Gasteiger partial charge in [-0.05, 0) is 37.9 Å². The van der Waals surface area contributed by atoms with Crippen LogP contribution in [0.2, 0.25) is 0 Å². The summed E-state index contributed by atoms with van der Waals surface area (Å²) < 4.78 is 5.80. The van der Waals surface area contributed by atoms with Crippen molar-refractivity contribution in [3.63, 3.8) is 0 Å². The lowest BCUT2D eigenvalue weighted by molar-refractivity contribution is -0.136. The van der Waals surface area contributed by atoms with Crippen molar-refractivity contribution in [1.82, 2.24) is 10.2 Å². The number of ether oxygens (including phenoxy) is 1. The second-order valence-electron chi connectivity index (χ2n) is 7.38. The lowest BCUT2D eigenvalue weighted by Crippen LogP contribution is -2.54. The molecule has 1 saturated heterocycles. The zero-order chi connectivity index (χ0) is 20.8. The normalized spacial score (nSPS) is 18.8. The molecule has 0 saturated carbocycles. The Morgan fingerprint density at radius 2 is 1.72 bits per heavy atom. The van der Waals surface area contributed by atoms with E-state index >= 15 is 0 Å². The largest absolute Gasteiger partial charge is 0.493 e. The molecule has 8 nitrogen and oxygen atoms in total. The van der Waals surface area contributed by atoms with Gasteiger partial charge >= 0.3 is 0 Å². The smallest absolute Gasteiger partial charge is 0.266 e. The molecule has 0 radical (unpaired) electrons. The number of nitrogens with zero attached hydrogens (tertiary/aromatic N) is 1. The number of carbonyl (C=O) groups is 4. The number of piperidine rings is 1. The molecule has 4 amide bonds. The average Bonchev–Trinajstić information content (AvgIpc) is 2.95.